The van der Waals surface area contributed by atoms with E-state index in [9.17, 15) is 9.90 Å². The van der Waals surface area contributed by atoms with Gasteiger partial charge in [-0.25, -0.2) is 4.98 Å². The van der Waals surface area contributed by atoms with Gasteiger partial charge in [0.25, 0.3) is 5.91 Å². The smallest absolute Gasteiger partial charge is 0.273 e. The third-order valence-corrected chi connectivity index (χ3v) is 6.50. The van der Waals surface area contributed by atoms with Crippen LogP contribution in [0.3, 0.4) is 0 Å². The van der Waals surface area contributed by atoms with Crippen molar-refractivity contribution in [2.75, 3.05) is 19.7 Å². The van der Waals surface area contributed by atoms with Crippen molar-refractivity contribution in [2.45, 2.75) is 45.4 Å². The molecule has 140 valence electrons. The number of aliphatic hydroxyl groups is 1. The highest BCUT2D eigenvalue weighted by molar-refractivity contribution is 7.10. The van der Waals surface area contributed by atoms with Crippen molar-refractivity contribution < 1.29 is 9.90 Å². The van der Waals surface area contributed by atoms with E-state index in [-0.39, 0.29) is 23.3 Å². The molecule has 0 saturated carbocycles. The minimum Gasteiger partial charge on any atom is -0.396 e. The molecule has 0 spiro atoms. The fraction of sp³-hybridized carbons (Fsp3) is 0.524. The molecule has 0 aliphatic carbocycles. The van der Waals surface area contributed by atoms with Gasteiger partial charge in [0, 0.05) is 35.9 Å². The van der Waals surface area contributed by atoms with Crippen LogP contribution in [0.5, 0.6) is 0 Å². The highest BCUT2D eigenvalue weighted by Crippen LogP contribution is 2.35. The molecular formula is C21H28N2O2S. The third kappa shape index (κ3) is 4.15. The van der Waals surface area contributed by atoms with Crippen molar-refractivity contribution >= 4 is 17.2 Å². The summed E-state index contributed by atoms with van der Waals surface area (Å²) in [6.45, 7) is 7.85. The summed E-state index contributed by atoms with van der Waals surface area (Å²) in [5, 5.41) is 12.9. The molecule has 0 radical (unpaired) electrons. The third-order valence-electron chi connectivity index (χ3n) is 5.23. The van der Waals surface area contributed by atoms with Gasteiger partial charge in [0.1, 0.15) is 5.69 Å². The fourth-order valence-electron chi connectivity index (χ4n) is 3.48. The number of thiazole rings is 1. The van der Waals surface area contributed by atoms with E-state index in [4.69, 9.17) is 0 Å². The Kier molecular flexibility index (Phi) is 5.49. The van der Waals surface area contributed by atoms with Crippen LogP contribution in [0.1, 0.15) is 54.7 Å². The summed E-state index contributed by atoms with van der Waals surface area (Å²) in [5.41, 5.74) is 1.64. The summed E-state index contributed by atoms with van der Waals surface area (Å²) in [5.74, 6) is 0.0167. The van der Waals surface area contributed by atoms with E-state index in [0.717, 1.165) is 24.3 Å². The number of rotatable bonds is 4. The molecule has 2 heterocycles. The lowest BCUT2D eigenvalue weighted by Crippen LogP contribution is -2.45. The van der Waals surface area contributed by atoms with E-state index >= 15 is 0 Å². The number of aliphatic hydroxyl groups excluding tert-OH is 1. The zero-order valence-corrected chi connectivity index (χ0v) is 16.7. The van der Waals surface area contributed by atoms with Gasteiger partial charge in [0.15, 0.2) is 0 Å². The van der Waals surface area contributed by atoms with Gasteiger partial charge in [-0.1, -0.05) is 51.1 Å². The average Bonchev–Trinajstić information content (AvgIpc) is 3.13. The first-order valence-corrected chi connectivity index (χ1v) is 10.1. The molecule has 1 aromatic carbocycles. The van der Waals surface area contributed by atoms with E-state index in [1.54, 1.807) is 11.3 Å². The van der Waals surface area contributed by atoms with Crippen LogP contribution in [0, 0.1) is 5.41 Å². The summed E-state index contributed by atoms with van der Waals surface area (Å²) < 4.78 is 0. The van der Waals surface area contributed by atoms with Crippen LogP contribution < -0.4 is 0 Å². The molecule has 3 rings (SSSR count). The second kappa shape index (κ2) is 7.49. The largest absolute Gasteiger partial charge is 0.396 e. The maximum Gasteiger partial charge on any atom is 0.273 e. The first-order valence-electron chi connectivity index (χ1n) is 9.23. The molecule has 0 atom stereocenters. The van der Waals surface area contributed by atoms with Crippen LogP contribution in [0.15, 0.2) is 35.7 Å². The van der Waals surface area contributed by atoms with Crippen molar-refractivity contribution in [1.82, 2.24) is 9.88 Å². The first-order chi connectivity index (χ1) is 12.3. The molecule has 2 aromatic rings. The summed E-state index contributed by atoms with van der Waals surface area (Å²) >= 11 is 1.56. The van der Waals surface area contributed by atoms with Crippen LogP contribution in [-0.2, 0) is 11.8 Å². The van der Waals surface area contributed by atoms with Crippen molar-refractivity contribution in [2.24, 2.45) is 5.41 Å². The number of hydrogen-bond donors (Lipinski definition) is 1. The summed E-state index contributed by atoms with van der Waals surface area (Å²) in [7, 11) is 0. The lowest BCUT2D eigenvalue weighted by atomic mass is 9.74. The zero-order chi connectivity index (χ0) is 18.8. The molecule has 4 nitrogen and oxygen atoms in total. The Morgan fingerprint density at radius 3 is 2.42 bits per heavy atom. The number of nitrogens with zero attached hydrogens (tertiary/aromatic N) is 2. The van der Waals surface area contributed by atoms with Crippen LogP contribution >= 0.6 is 11.3 Å². The number of benzene rings is 1. The van der Waals surface area contributed by atoms with Crippen LogP contribution in [0.2, 0.25) is 0 Å². The SMILES string of the molecule is CC(C)(C)c1nc(C(=O)N2CCC(CO)(Cc3ccccc3)CC2)cs1. The van der Waals surface area contributed by atoms with Gasteiger partial charge in [0.2, 0.25) is 0 Å². The number of piperidine rings is 1. The Morgan fingerprint density at radius 1 is 1.23 bits per heavy atom. The molecule has 5 heteroatoms. The van der Waals surface area contributed by atoms with E-state index in [2.05, 4.69) is 37.9 Å². The number of carbonyl (C=O) groups is 1. The van der Waals surface area contributed by atoms with Gasteiger partial charge in [0.05, 0.1) is 5.01 Å². The molecule has 0 unspecified atom stereocenters. The Bertz CT molecular complexity index is 741. The highest BCUT2D eigenvalue weighted by atomic mass is 32.1. The van der Waals surface area contributed by atoms with Crippen molar-refractivity contribution in [3.8, 4) is 0 Å². The molecule has 1 saturated heterocycles. The number of hydrogen-bond acceptors (Lipinski definition) is 4. The van der Waals surface area contributed by atoms with E-state index in [1.165, 1.54) is 5.56 Å². The Hall–Kier alpha value is -1.72. The molecule has 1 aliphatic heterocycles. The van der Waals surface area contributed by atoms with Crippen LogP contribution in [0.25, 0.3) is 0 Å². The monoisotopic (exact) mass is 372 g/mol. The fourth-order valence-corrected chi connectivity index (χ4v) is 4.36. The molecular weight excluding hydrogens is 344 g/mol. The Morgan fingerprint density at radius 2 is 1.88 bits per heavy atom. The van der Waals surface area contributed by atoms with Crippen LogP contribution in [0.4, 0.5) is 0 Å². The molecule has 1 N–H and O–H groups in total. The standard InChI is InChI=1S/C21H28N2O2S/c1-20(2,3)19-22-17(14-26-19)18(25)23-11-9-21(15-24,10-12-23)13-16-7-5-4-6-8-16/h4-8,14,24H,9-13,15H2,1-3H3. The lowest BCUT2D eigenvalue weighted by molar-refractivity contribution is 0.0355. The van der Waals surface area contributed by atoms with Gasteiger partial charge in [-0.2, -0.15) is 0 Å². The quantitative estimate of drug-likeness (QED) is 0.886. The predicted octanol–water partition coefficient (Wildman–Crippen LogP) is 3.90. The Labute approximate surface area is 159 Å². The topological polar surface area (TPSA) is 53.4 Å². The van der Waals surface area contributed by atoms with Gasteiger partial charge in [-0.3, -0.25) is 4.79 Å². The maximum absolute atomic E-state index is 12.8. The van der Waals surface area contributed by atoms with Gasteiger partial charge in [-0.15, -0.1) is 11.3 Å². The normalized spacial score (nSPS) is 17.3. The average molecular weight is 373 g/mol. The van der Waals surface area contributed by atoms with Crippen molar-refractivity contribution in [1.29, 1.82) is 0 Å². The summed E-state index contributed by atoms with van der Waals surface area (Å²) in [6.07, 6.45) is 2.50. The summed E-state index contributed by atoms with van der Waals surface area (Å²) in [6, 6.07) is 10.3. The minimum atomic E-state index is -0.128. The van der Waals surface area contributed by atoms with E-state index < -0.39 is 0 Å². The number of likely N-dealkylation sites (tertiary alicyclic amines) is 1. The van der Waals surface area contributed by atoms with Crippen molar-refractivity contribution in [3.63, 3.8) is 0 Å². The zero-order valence-electron chi connectivity index (χ0n) is 15.9. The van der Waals surface area contributed by atoms with Gasteiger partial charge >= 0.3 is 0 Å². The lowest BCUT2D eigenvalue weighted by Gasteiger charge is -2.40. The van der Waals surface area contributed by atoms with Crippen molar-refractivity contribution in [3.05, 3.63) is 52.0 Å². The summed E-state index contributed by atoms with van der Waals surface area (Å²) in [4.78, 5) is 19.3. The molecule has 1 aromatic heterocycles. The van der Waals surface area contributed by atoms with E-state index in [0.29, 0.717) is 18.8 Å². The second-order valence-electron chi connectivity index (χ2n) is 8.40. The van der Waals surface area contributed by atoms with E-state index in [1.807, 2.05) is 28.5 Å². The van der Waals surface area contributed by atoms with Gasteiger partial charge in [-0.05, 0) is 24.8 Å². The molecule has 26 heavy (non-hydrogen) atoms. The first kappa shape index (κ1) is 19.1. The predicted molar refractivity (Wildman–Crippen MR) is 106 cm³/mol. The minimum absolute atomic E-state index is 0.0167. The Balaban J connectivity index is 1.65. The van der Waals surface area contributed by atoms with Crippen LogP contribution in [-0.4, -0.2) is 40.6 Å². The molecule has 1 fully saturated rings. The highest BCUT2D eigenvalue weighted by Gasteiger charge is 2.36. The second-order valence-corrected chi connectivity index (χ2v) is 9.26. The number of amides is 1. The molecule has 1 aliphatic rings. The number of aromatic nitrogens is 1. The number of carbonyl (C=O) groups excluding carboxylic acids is 1. The molecule has 0 bridgehead atoms. The molecule has 1 amide bonds. The maximum atomic E-state index is 12.8. The van der Waals surface area contributed by atoms with Gasteiger partial charge < -0.3 is 10.0 Å².